The summed E-state index contributed by atoms with van der Waals surface area (Å²) in [6.45, 7) is 7.60. The van der Waals surface area contributed by atoms with Crippen molar-refractivity contribution in [1.82, 2.24) is 14.6 Å². The van der Waals surface area contributed by atoms with E-state index >= 15 is 0 Å². The zero-order chi connectivity index (χ0) is 27.1. The van der Waals surface area contributed by atoms with E-state index in [1.54, 1.807) is 30.3 Å². The summed E-state index contributed by atoms with van der Waals surface area (Å²) in [5.74, 6) is -0.268. The Balaban J connectivity index is 1.75. The largest absolute Gasteiger partial charge is 0.465 e. The fraction of sp³-hybridized carbons (Fsp3) is 0.560. The van der Waals surface area contributed by atoms with Crippen LogP contribution < -0.4 is 20.9 Å². The predicted molar refractivity (Wildman–Crippen MR) is 137 cm³/mol. The van der Waals surface area contributed by atoms with Gasteiger partial charge in [0.05, 0.1) is 19.3 Å². The number of nitrogens with zero attached hydrogens (tertiary/aromatic N) is 1. The van der Waals surface area contributed by atoms with Crippen LogP contribution in [0.4, 0.5) is 0 Å². The molecule has 12 heteroatoms. The second-order valence-electron chi connectivity index (χ2n) is 9.41. The average molecular weight is 538 g/mol. The topological polar surface area (TPSA) is 138 Å². The summed E-state index contributed by atoms with van der Waals surface area (Å²) >= 11 is 0. The van der Waals surface area contributed by atoms with E-state index in [0.29, 0.717) is 18.6 Å². The minimum atomic E-state index is -4.05. The third-order valence-corrected chi connectivity index (χ3v) is 8.01. The molecule has 3 rings (SSSR count). The predicted octanol–water partition coefficient (Wildman–Crippen LogP) is 3.77. The van der Waals surface area contributed by atoms with Crippen LogP contribution in [-0.4, -0.2) is 40.9 Å². The van der Waals surface area contributed by atoms with E-state index in [0.717, 1.165) is 12.8 Å². The molecule has 0 radical (unpaired) electrons. The Morgan fingerprint density at radius 3 is 2.65 bits per heavy atom. The van der Waals surface area contributed by atoms with Crippen molar-refractivity contribution < 1.29 is 27.9 Å². The highest BCUT2D eigenvalue weighted by atomic mass is 31.2. The number of carbonyl (C=O) groups excluding carboxylic acids is 1. The van der Waals surface area contributed by atoms with Gasteiger partial charge in [0, 0.05) is 17.7 Å². The van der Waals surface area contributed by atoms with Gasteiger partial charge in [0.1, 0.15) is 18.0 Å². The Labute approximate surface area is 216 Å². The van der Waals surface area contributed by atoms with Gasteiger partial charge in [-0.15, -0.1) is 0 Å². The van der Waals surface area contributed by atoms with Crippen molar-refractivity contribution in [2.75, 3.05) is 13.2 Å². The molecule has 1 aliphatic rings. The van der Waals surface area contributed by atoms with Gasteiger partial charge in [0.2, 0.25) is 0 Å². The first-order valence-corrected chi connectivity index (χ1v) is 14.0. The number of benzene rings is 1. The van der Waals surface area contributed by atoms with Crippen molar-refractivity contribution in [1.29, 1.82) is 0 Å². The van der Waals surface area contributed by atoms with Gasteiger partial charge in [-0.05, 0) is 38.3 Å². The normalized spacial score (nSPS) is 23.8. The molecule has 0 aliphatic carbocycles. The lowest BCUT2D eigenvalue weighted by atomic mass is 9.82. The molecule has 37 heavy (non-hydrogen) atoms. The Kier molecular flexibility index (Phi) is 9.89. The molecular formula is C25H36N3O8P. The van der Waals surface area contributed by atoms with Crippen LogP contribution in [0, 0.1) is 5.41 Å². The van der Waals surface area contributed by atoms with Gasteiger partial charge in [0.25, 0.3) is 5.56 Å². The van der Waals surface area contributed by atoms with Crippen molar-refractivity contribution in [2.45, 2.75) is 71.8 Å². The van der Waals surface area contributed by atoms with Gasteiger partial charge in [0.15, 0.2) is 0 Å². The number of rotatable bonds is 13. The summed E-state index contributed by atoms with van der Waals surface area (Å²) in [6.07, 6.45) is 2.98. The summed E-state index contributed by atoms with van der Waals surface area (Å²) in [5, 5.41) is 2.67. The fourth-order valence-electron chi connectivity index (χ4n) is 4.07. The molecule has 1 aliphatic heterocycles. The van der Waals surface area contributed by atoms with Crippen LogP contribution in [-0.2, 0) is 23.4 Å². The smallest absolute Gasteiger partial charge is 0.459 e. The van der Waals surface area contributed by atoms with E-state index in [4.69, 9.17) is 18.5 Å². The number of para-hydroxylation sites is 1. The van der Waals surface area contributed by atoms with E-state index < -0.39 is 48.8 Å². The number of aromatic nitrogens is 2. The second-order valence-corrected chi connectivity index (χ2v) is 11.1. The fourth-order valence-corrected chi connectivity index (χ4v) is 5.59. The molecule has 1 saturated heterocycles. The highest BCUT2D eigenvalue weighted by Gasteiger charge is 2.46. The SMILES string of the molecule is CCCCOC(=O)[C@@H](C)NP(=O)(OC[C@@H]1C[C@](C)(CC)[C@H](n2ccc(=O)[nH]c2=O)O1)Oc1ccccc1. The Morgan fingerprint density at radius 1 is 1.27 bits per heavy atom. The lowest BCUT2D eigenvalue weighted by Crippen LogP contribution is -2.36. The first-order chi connectivity index (χ1) is 17.6. The van der Waals surface area contributed by atoms with Crippen LogP contribution in [0.5, 0.6) is 5.75 Å². The summed E-state index contributed by atoms with van der Waals surface area (Å²) < 4.78 is 37.9. The Morgan fingerprint density at radius 2 is 2.00 bits per heavy atom. The second kappa shape index (κ2) is 12.7. The molecule has 1 unspecified atom stereocenters. The minimum absolute atomic E-state index is 0.126. The molecule has 2 N–H and O–H groups in total. The van der Waals surface area contributed by atoms with Crippen molar-refractivity contribution in [3.8, 4) is 5.75 Å². The molecule has 0 saturated carbocycles. The number of ether oxygens (including phenoxy) is 2. The standard InChI is InChI=1S/C25H36N3O8P/c1-5-7-15-33-22(30)18(3)27-37(32,36-19-11-9-8-10-12-19)34-17-20-16-25(4,6-2)23(35-20)28-14-13-21(29)26-24(28)31/h8-14,18,20,23H,5-7,15-17H2,1-4H3,(H,27,32)(H,26,29,31)/t18-,20+,23-,25+,37?/m1/s1. The molecule has 0 spiro atoms. The zero-order valence-electron chi connectivity index (χ0n) is 21.7. The van der Waals surface area contributed by atoms with Crippen molar-refractivity contribution >= 4 is 13.7 Å². The van der Waals surface area contributed by atoms with Crippen LogP contribution in [0.2, 0.25) is 0 Å². The number of nitrogens with one attached hydrogen (secondary N) is 2. The monoisotopic (exact) mass is 537 g/mol. The molecule has 0 amide bonds. The quantitative estimate of drug-likeness (QED) is 0.222. The van der Waals surface area contributed by atoms with E-state index in [1.165, 1.54) is 23.8 Å². The van der Waals surface area contributed by atoms with Gasteiger partial charge in [-0.25, -0.2) is 9.36 Å². The zero-order valence-corrected chi connectivity index (χ0v) is 22.6. The van der Waals surface area contributed by atoms with Crippen LogP contribution >= 0.6 is 7.75 Å². The van der Waals surface area contributed by atoms with Crippen molar-refractivity contribution in [3.05, 3.63) is 63.4 Å². The van der Waals surface area contributed by atoms with Gasteiger partial charge in [-0.3, -0.25) is 23.7 Å². The molecule has 2 aromatic rings. The van der Waals surface area contributed by atoms with Crippen molar-refractivity contribution in [2.24, 2.45) is 5.41 Å². The van der Waals surface area contributed by atoms with E-state index in [9.17, 15) is 18.9 Å². The molecule has 1 aromatic heterocycles. The first kappa shape index (κ1) is 28.8. The van der Waals surface area contributed by atoms with Crippen LogP contribution in [0.1, 0.15) is 59.6 Å². The molecule has 0 bridgehead atoms. The highest BCUT2D eigenvalue weighted by Crippen LogP contribution is 2.50. The summed E-state index contributed by atoms with van der Waals surface area (Å²) in [4.78, 5) is 38.6. The molecule has 5 atom stereocenters. The molecule has 204 valence electrons. The minimum Gasteiger partial charge on any atom is -0.465 e. The lowest BCUT2D eigenvalue weighted by Gasteiger charge is -2.29. The molecular weight excluding hydrogens is 501 g/mol. The lowest BCUT2D eigenvalue weighted by molar-refractivity contribution is -0.145. The van der Waals surface area contributed by atoms with Crippen LogP contribution in [0.3, 0.4) is 0 Å². The number of hydrogen-bond donors (Lipinski definition) is 2. The Hall–Kier alpha value is -2.72. The summed E-state index contributed by atoms with van der Waals surface area (Å²) in [7, 11) is -4.05. The molecule has 1 aromatic carbocycles. The first-order valence-electron chi connectivity index (χ1n) is 12.5. The van der Waals surface area contributed by atoms with Crippen molar-refractivity contribution in [3.63, 3.8) is 0 Å². The molecule has 2 heterocycles. The summed E-state index contributed by atoms with van der Waals surface area (Å²) in [6, 6.07) is 8.79. The van der Waals surface area contributed by atoms with Crippen LogP contribution in [0.15, 0.2) is 52.2 Å². The van der Waals surface area contributed by atoms with Crippen LogP contribution in [0.25, 0.3) is 0 Å². The molecule has 1 fully saturated rings. The number of H-pyrrole nitrogens is 1. The Bertz CT molecular complexity index is 1200. The maximum absolute atomic E-state index is 13.7. The molecule has 11 nitrogen and oxygen atoms in total. The number of hydrogen-bond acceptors (Lipinski definition) is 8. The van der Waals surface area contributed by atoms with Gasteiger partial charge in [-0.2, -0.15) is 5.09 Å². The van der Waals surface area contributed by atoms with Gasteiger partial charge in [-0.1, -0.05) is 45.4 Å². The number of carbonyl (C=O) groups is 1. The van der Waals surface area contributed by atoms with E-state index in [1.807, 2.05) is 20.8 Å². The average Bonchev–Trinajstić information content (AvgIpc) is 3.20. The maximum Gasteiger partial charge on any atom is 0.459 e. The number of aromatic amines is 1. The van der Waals surface area contributed by atoms with Gasteiger partial charge < -0.3 is 14.0 Å². The third kappa shape index (κ3) is 7.64. The number of unbranched alkanes of at least 4 members (excludes halogenated alkanes) is 1. The van der Waals surface area contributed by atoms with Gasteiger partial charge >= 0.3 is 19.4 Å². The van der Waals surface area contributed by atoms with E-state index in [-0.39, 0.29) is 13.2 Å². The van der Waals surface area contributed by atoms with E-state index in [2.05, 4.69) is 10.1 Å². The number of esters is 1. The maximum atomic E-state index is 13.7. The third-order valence-electron chi connectivity index (χ3n) is 6.37. The highest BCUT2D eigenvalue weighted by molar-refractivity contribution is 7.52. The summed E-state index contributed by atoms with van der Waals surface area (Å²) in [5.41, 5.74) is -1.52.